The van der Waals surface area contributed by atoms with Gasteiger partial charge in [-0.2, -0.15) is 0 Å². The third-order valence-corrected chi connectivity index (χ3v) is 3.88. The fourth-order valence-electron chi connectivity index (χ4n) is 1.90. The minimum Gasteiger partial charge on any atom is -0.353 e. The van der Waals surface area contributed by atoms with Crippen molar-refractivity contribution in [2.45, 2.75) is 44.0 Å². The first-order chi connectivity index (χ1) is 7.54. The number of nitrogens with zero attached hydrogens (tertiary/aromatic N) is 1. The van der Waals surface area contributed by atoms with E-state index >= 15 is 0 Å². The van der Waals surface area contributed by atoms with Crippen LogP contribution in [0.5, 0.6) is 0 Å². The van der Waals surface area contributed by atoms with E-state index < -0.39 is 0 Å². The highest BCUT2D eigenvalue weighted by molar-refractivity contribution is 9.10. The summed E-state index contributed by atoms with van der Waals surface area (Å²) < 4.78 is 0. The number of rotatable bonds is 3. The first kappa shape index (κ1) is 13.5. The Labute approximate surface area is 105 Å². The van der Waals surface area contributed by atoms with Gasteiger partial charge in [0.15, 0.2) is 0 Å². The SMILES string of the molecule is CCC(Br)C(=O)N1CCC(NC(C)=O)CC1. The molecule has 0 spiro atoms. The Morgan fingerprint density at radius 2 is 2.00 bits per heavy atom. The maximum atomic E-state index is 11.8. The first-order valence-corrected chi connectivity index (χ1v) is 6.66. The molecule has 2 amide bonds. The van der Waals surface area contributed by atoms with Crippen molar-refractivity contribution in [2.24, 2.45) is 0 Å². The van der Waals surface area contributed by atoms with E-state index in [0.717, 1.165) is 32.4 Å². The fourth-order valence-corrected chi connectivity index (χ4v) is 2.19. The molecule has 0 saturated carbocycles. The Bertz CT molecular complexity index is 263. The van der Waals surface area contributed by atoms with Crippen LogP contribution in [0.2, 0.25) is 0 Å². The van der Waals surface area contributed by atoms with E-state index in [4.69, 9.17) is 0 Å². The van der Waals surface area contributed by atoms with E-state index in [1.807, 2.05) is 11.8 Å². The summed E-state index contributed by atoms with van der Waals surface area (Å²) in [6.07, 6.45) is 2.52. The summed E-state index contributed by atoms with van der Waals surface area (Å²) >= 11 is 3.37. The molecule has 1 aliphatic heterocycles. The molecule has 0 aromatic carbocycles. The predicted molar refractivity (Wildman–Crippen MR) is 66.4 cm³/mol. The molecule has 1 atom stereocenters. The number of alkyl halides is 1. The first-order valence-electron chi connectivity index (χ1n) is 5.74. The van der Waals surface area contributed by atoms with Crippen LogP contribution in [-0.4, -0.2) is 40.7 Å². The van der Waals surface area contributed by atoms with Crippen LogP contribution in [-0.2, 0) is 9.59 Å². The number of carbonyl (C=O) groups is 2. The number of hydrogen-bond donors (Lipinski definition) is 1. The van der Waals surface area contributed by atoms with Crippen LogP contribution >= 0.6 is 15.9 Å². The average molecular weight is 291 g/mol. The Hall–Kier alpha value is -0.580. The third-order valence-electron chi connectivity index (χ3n) is 2.84. The summed E-state index contributed by atoms with van der Waals surface area (Å²) in [5.74, 6) is 0.181. The van der Waals surface area contributed by atoms with Gasteiger partial charge in [-0.3, -0.25) is 9.59 Å². The van der Waals surface area contributed by atoms with Gasteiger partial charge in [-0.1, -0.05) is 22.9 Å². The normalized spacial score (nSPS) is 19.3. The molecular formula is C11H19BrN2O2. The molecule has 5 heteroatoms. The summed E-state index contributed by atoms with van der Waals surface area (Å²) in [5, 5.41) is 2.90. The molecule has 1 rings (SSSR count). The van der Waals surface area contributed by atoms with Crippen molar-refractivity contribution < 1.29 is 9.59 Å². The molecule has 1 aliphatic rings. The lowest BCUT2D eigenvalue weighted by atomic mass is 10.0. The van der Waals surface area contributed by atoms with E-state index in [1.165, 1.54) is 6.92 Å². The van der Waals surface area contributed by atoms with Gasteiger partial charge in [0.05, 0.1) is 4.83 Å². The van der Waals surface area contributed by atoms with Gasteiger partial charge in [0.25, 0.3) is 0 Å². The quantitative estimate of drug-likeness (QED) is 0.797. The van der Waals surface area contributed by atoms with Gasteiger partial charge in [-0.25, -0.2) is 0 Å². The summed E-state index contributed by atoms with van der Waals surface area (Å²) in [6, 6.07) is 0.233. The fraction of sp³-hybridized carbons (Fsp3) is 0.818. The van der Waals surface area contributed by atoms with Crippen LogP contribution in [0.25, 0.3) is 0 Å². The minimum absolute atomic E-state index is 0.0108. The Balaban J connectivity index is 2.37. The van der Waals surface area contributed by atoms with Crippen LogP contribution in [0, 0.1) is 0 Å². The molecule has 0 aromatic rings. The number of hydrogen-bond acceptors (Lipinski definition) is 2. The Morgan fingerprint density at radius 1 is 1.44 bits per heavy atom. The maximum Gasteiger partial charge on any atom is 0.236 e. The summed E-state index contributed by atoms with van der Waals surface area (Å²) in [7, 11) is 0. The summed E-state index contributed by atoms with van der Waals surface area (Å²) in [6.45, 7) is 5.00. The predicted octanol–water partition coefficient (Wildman–Crippen LogP) is 1.29. The number of piperidine rings is 1. The molecule has 0 radical (unpaired) electrons. The van der Waals surface area contributed by atoms with Gasteiger partial charge >= 0.3 is 0 Å². The van der Waals surface area contributed by atoms with E-state index in [-0.39, 0.29) is 22.7 Å². The molecule has 16 heavy (non-hydrogen) atoms. The van der Waals surface area contributed by atoms with Crippen LogP contribution < -0.4 is 5.32 Å². The third kappa shape index (κ3) is 3.77. The zero-order valence-corrected chi connectivity index (χ0v) is 11.4. The summed E-state index contributed by atoms with van der Waals surface area (Å²) in [4.78, 5) is 24.5. The zero-order chi connectivity index (χ0) is 12.1. The van der Waals surface area contributed by atoms with Crippen LogP contribution in [0.1, 0.15) is 33.1 Å². The topological polar surface area (TPSA) is 49.4 Å². The van der Waals surface area contributed by atoms with Crippen LogP contribution in [0.4, 0.5) is 0 Å². The van der Waals surface area contributed by atoms with Crippen LogP contribution in [0.3, 0.4) is 0 Å². The lowest BCUT2D eigenvalue weighted by Crippen LogP contribution is -2.47. The van der Waals surface area contributed by atoms with Crippen molar-refractivity contribution in [3.63, 3.8) is 0 Å². The lowest BCUT2D eigenvalue weighted by molar-refractivity contribution is -0.131. The van der Waals surface area contributed by atoms with Gasteiger partial charge in [0, 0.05) is 26.1 Å². The van der Waals surface area contributed by atoms with Gasteiger partial charge in [-0.15, -0.1) is 0 Å². The second-order valence-corrected chi connectivity index (χ2v) is 5.28. The van der Waals surface area contributed by atoms with Gasteiger partial charge in [-0.05, 0) is 19.3 Å². The molecule has 1 heterocycles. The molecule has 0 aliphatic carbocycles. The summed E-state index contributed by atoms with van der Waals surface area (Å²) in [5.41, 5.74) is 0. The monoisotopic (exact) mass is 290 g/mol. The molecule has 1 saturated heterocycles. The molecular weight excluding hydrogens is 272 g/mol. The second kappa shape index (κ2) is 6.23. The van der Waals surface area contributed by atoms with Crippen molar-refractivity contribution >= 4 is 27.7 Å². The lowest BCUT2D eigenvalue weighted by Gasteiger charge is -2.33. The average Bonchev–Trinajstić information content (AvgIpc) is 2.27. The number of halogens is 1. The number of carbonyl (C=O) groups excluding carboxylic acids is 2. The molecule has 1 N–H and O–H groups in total. The van der Waals surface area contributed by atoms with E-state index in [0.29, 0.717) is 0 Å². The molecule has 1 fully saturated rings. The smallest absolute Gasteiger partial charge is 0.236 e. The van der Waals surface area contributed by atoms with Crippen LogP contribution in [0.15, 0.2) is 0 Å². The standard InChI is InChI=1S/C11H19BrN2O2/c1-3-10(12)11(16)14-6-4-9(5-7-14)13-8(2)15/h9-10H,3-7H2,1-2H3,(H,13,15). The van der Waals surface area contributed by atoms with Crippen molar-refractivity contribution in [2.75, 3.05) is 13.1 Å². The van der Waals surface area contributed by atoms with Crippen molar-refractivity contribution in [1.82, 2.24) is 10.2 Å². The molecule has 92 valence electrons. The highest BCUT2D eigenvalue weighted by Crippen LogP contribution is 2.15. The highest BCUT2D eigenvalue weighted by atomic mass is 79.9. The van der Waals surface area contributed by atoms with Gasteiger partial charge < -0.3 is 10.2 Å². The largest absolute Gasteiger partial charge is 0.353 e. The minimum atomic E-state index is -0.0650. The molecule has 1 unspecified atom stereocenters. The number of nitrogens with one attached hydrogen (secondary N) is 1. The van der Waals surface area contributed by atoms with Crippen molar-refractivity contribution in [1.29, 1.82) is 0 Å². The highest BCUT2D eigenvalue weighted by Gasteiger charge is 2.26. The maximum absolute atomic E-state index is 11.8. The van der Waals surface area contributed by atoms with E-state index in [1.54, 1.807) is 0 Å². The van der Waals surface area contributed by atoms with Crippen molar-refractivity contribution in [3.05, 3.63) is 0 Å². The second-order valence-electron chi connectivity index (χ2n) is 4.18. The van der Waals surface area contributed by atoms with Gasteiger partial charge in [0.1, 0.15) is 0 Å². The Kier molecular flexibility index (Phi) is 5.25. The Morgan fingerprint density at radius 3 is 2.44 bits per heavy atom. The van der Waals surface area contributed by atoms with Gasteiger partial charge in [0.2, 0.25) is 11.8 Å². The van der Waals surface area contributed by atoms with E-state index in [2.05, 4.69) is 21.2 Å². The number of amides is 2. The number of likely N-dealkylation sites (tertiary alicyclic amines) is 1. The van der Waals surface area contributed by atoms with Crippen molar-refractivity contribution in [3.8, 4) is 0 Å². The molecule has 0 aromatic heterocycles. The molecule has 0 bridgehead atoms. The molecule has 4 nitrogen and oxygen atoms in total. The van der Waals surface area contributed by atoms with E-state index in [9.17, 15) is 9.59 Å². The zero-order valence-electron chi connectivity index (χ0n) is 9.83.